The van der Waals surface area contributed by atoms with Crippen molar-refractivity contribution in [3.05, 3.63) is 34.7 Å². The average molecular weight is 241 g/mol. The van der Waals surface area contributed by atoms with E-state index in [9.17, 15) is 0 Å². The van der Waals surface area contributed by atoms with Crippen LogP contribution in [0, 0.1) is 6.92 Å². The van der Waals surface area contributed by atoms with Gasteiger partial charge >= 0.3 is 0 Å². The van der Waals surface area contributed by atoms with Gasteiger partial charge in [0, 0.05) is 18.9 Å². The number of anilines is 1. The fourth-order valence-electron chi connectivity index (χ4n) is 1.14. The highest BCUT2D eigenvalue weighted by molar-refractivity contribution is 6.99. The fraction of sp³-hybridized carbons (Fsp3) is 0.222. The van der Waals surface area contributed by atoms with Gasteiger partial charge in [0.05, 0.1) is 11.7 Å². The Hall–Kier alpha value is -1.20. The SMILES string of the molecule is Cc1ccncc1CNc1nsnc1Cl. The Morgan fingerprint density at radius 1 is 1.47 bits per heavy atom. The highest BCUT2D eigenvalue weighted by Crippen LogP contribution is 2.18. The van der Waals surface area contributed by atoms with Crippen LogP contribution < -0.4 is 5.32 Å². The summed E-state index contributed by atoms with van der Waals surface area (Å²) in [7, 11) is 0. The first-order valence-corrected chi connectivity index (χ1v) is 5.49. The number of nitrogens with one attached hydrogen (secondary N) is 1. The van der Waals surface area contributed by atoms with Crippen molar-refractivity contribution in [1.82, 2.24) is 13.7 Å². The third kappa shape index (κ3) is 2.43. The predicted octanol–water partition coefficient (Wildman–Crippen LogP) is 2.51. The van der Waals surface area contributed by atoms with E-state index in [0.717, 1.165) is 17.3 Å². The minimum Gasteiger partial charge on any atom is -0.362 e. The molecule has 2 rings (SSSR count). The lowest BCUT2D eigenvalue weighted by Crippen LogP contribution is -2.02. The molecule has 0 aromatic carbocycles. The first-order chi connectivity index (χ1) is 7.27. The van der Waals surface area contributed by atoms with Gasteiger partial charge in [-0.15, -0.1) is 0 Å². The monoisotopic (exact) mass is 240 g/mol. The Labute approximate surface area is 96.7 Å². The molecule has 0 atom stereocenters. The fourth-order valence-corrected chi connectivity index (χ4v) is 1.83. The number of pyridine rings is 1. The van der Waals surface area contributed by atoms with Gasteiger partial charge in [-0.2, -0.15) is 8.75 Å². The van der Waals surface area contributed by atoms with E-state index in [4.69, 9.17) is 11.6 Å². The second kappa shape index (κ2) is 4.55. The third-order valence-electron chi connectivity index (χ3n) is 2.04. The number of aryl methyl sites for hydroxylation is 1. The molecule has 15 heavy (non-hydrogen) atoms. The summed E-state index contributed by atoms with van der Waals surface area (Å²) in [6.45, 7) is 2.70. The Morgan fingerprint density at radius 2 is 2.33 bits per heavy atom. The molecule has 0 saturated carbocycles. The number of hydrogen-bond donors (Lipinski definition) is 1. The van der Waals surface area contributed by atoms with Crippen LogP contribution in [0.3, 0.4) is 0 Å². The van der Waals surface area contributed by atoms with Crippen LogP contribution in [0.25, 0.3) is 0 Å². The second-order valence-corrected chi connectivity index (χ2v) is 3.95. The minimum absolute atomic E-state index is 0.418. The summed E-state index contributed by atoms with van der Waals surface area (Å²) in [5.41, 5.74) is 2.32. The number of hydrogen-bond acceptors (Lipinski definition) is 5. The van der Waals surface area contributed by atoms with Crippen molar-refractivity contribution in [1.29, 1.82) is 0 Å². The van der Waals surface area contributed by atoms with Crippen molar-refractivity contribution >= 4 is 29.1 Å². The van der Waals surface area contributed by atoms with Gasteiger partial charge in [-0.05, 0) is 24.1 Å². The van der Waals surface area contributed by atoms with E-state index >= 15 is 0 Å². The maximum absolute atomic E-state index is 5.80. The van der Waals surface area contributed by atoms with Crippen LogP contribution in [0.5, 0.6) is 0 Å². The average Bonchev–Trinajstić information content (AvgIpc) is 2.63. The zero-order chi connectivity index (χ0) is 10.7. The van der Waals surface area contributed by atoms with Gasteiger partial charge in [0.15, 0.2) is 11.0 Å². The standard InChI is InChI=1S/C9H9ClN4S/c1-6-2-3-11-4-7(6)5-12-9-8(10)13-15-14-9/h2-4H,5H2,1H3,(H,12,14). The van der Waals surface area contributed by atoms with Gasteiger partial charge in [-0.1, -0.05) is 11.6 Å². The highest BCUT2D eigenvalue weighted by atomic mass is 35.5. The summed E-state index contributed by atoms with van der Waals surface area (Å²) in [6, 6.07) is 1.97. The Kier molecular flexibility index (Phi) is 3.13. The molecule has 2 heterocycles. The summed E-state index contributed by atoms with van der Waals surface area (Å²) >= 11 is 6.90. The summed E-state index contributed by atoms with van der Waals surface area (Å²) in [4.78, 5) is 4.06. The topological polar surface area (TPSA) is 50.7 Å². The Balaban J connectivity index is 2.06. The summed E-state index contributed by atoms with van der Waals surface area (Å²) in [6.07, 6.45) is 3.60. The lowest BCUT2D eigenvalue weighted by molar-refractivity contribution is 1.07. The van der Waals surface area contributed by atoms with Crippen molar-refractivity contribution in [3.8, 4) is 0 Å². The van der Waals surface area contributed by atoms with Crippen LogP contribution in [-0.4, -0.2) is 13.7 Å². The van der Waals surface area contributed by atoms with Crippen molar-refractivity contribution < 1.29 is 0 Å². The molecule has 2 aromatic heterocycles. The lowest BCUT2D eigenvalue weighted by atomic mass is 10.2. The first kappa shape index (κ1) is 10.3. The molecule has 1 N–H and O–H groups in total. The van der Waals surface area contributed by atoms with Crippen LogP contribution in [0.15, 0.2) is 18.5 Å². The molecular weight excluding hydrogens is 232 g/mol. The smallest absolute Gasteiger partial charge is 0.186 e. The van der Waals surface area contributed by atoms with Gasteiger partial charge in [0.25, 0.3) is 0 Å². The molecule has 6 heteroatoms. The third-order valence-corrected chi connectivity index (χ3v) is 2.93. The van der Waals surface area contributed by atoms with E-state index in [2.05, 4.69) is 19.0 Å². The van der Waals surface area contributed by atoms with Gasteiger partial charge in [-0.3, -0.25) is 4.98 Å². The zero-order valence-corrected chi connectivity index (χ0v) is 9.64. The Bertz CT molecular complexity index is 457. The van der Waals surface area contributed by atoms with E-state index in [0.29, 0.717) is 17.5 Å². The molecule has 0 bridgehead atoms. The highest BCUT2D eigenvalue weighted by Gasteiger charge is 2.04. The van der Waals surface area contributed by atoms with Crippen molar-refractivity contribution in [2.45, 2.75) is 13.5 Å². The van der Waals surface area contributed by atoms with Gasteiger partial charge in [-0.25, -0.2) is 0 Å². The van der Waals surface area contributed by atoms with Crippen molar-refractivity contribution in [3.63, 3.8) is 0 Å². The molecule has 78 valence electrons. The minimum atomic E-state index is 0.418. The van der Waals surface area contributed by atoms with E-state index in [1.54, 1.807) is 6.20 Å². The molecule has 2 aromatic rings. The number of nitrogens with zero attached hydrogens (tertiary/aromatic N) is 3. The molecule has 0 aliphatic rings. The molecule has 0 radical (unpaired) electrons. The number of halogens is 1. The van der Waals surface area contributed by atoms with E-state index in [-0.39, 0.29) is 0 Å². The van der Waals surface area contributed by atoms with Crippen molar-refractivity contribution in [2.24, 2.45) is 0 Å². The molecule has 0 aliphatic carbocycles. The van der Waals surface area contributed by atoms with Crippen molar-refractivity contribution in [2.75, 3.05) is 5.32 Å². The quantitative estimate of drug-likeness (QED) is 0.896. The van der Waals surface area contributed by atoms with Gasteiger partial charge in [0.2, 0.25) is 0 Å². The second-order valence-electron chi connectivity index (χ2n) is 3.06. The maximum atomic E-state index is 5.80. The summed E-state index contributed by atoms with van der Waals surface area (Å²) in [5, 5.41) is 3.53. The first-order valence-electron chi connectivity index (χ1n) is 4.39. The Morgan fingerprint density at radius 3 is 3.00 bits per heavy atom. The number of rotatable bonds is 3. The lowest BCUT2D eigenvalue weighted by Gasteiger charge is -2.05. The molecule has 0 spiro atoms. The summed E-state index contributed by atoms with van der Waals surface area (Å²) in [5.74, 6) is 0.630. The van der Waals surface area contributed by atoms with Crippen LogP contribution in [0.2, 0.25) is 5.15 Å². The normalized spacial score (nSPS) is 10.3. The molecule has 0 unspecified atom stereocenters. The zero-order valence-electron chi connectivity index (χ0n) is 8.07. The molecule has 0 amide bonds. The van der Waals surface area contributed by atoms with Gasteiger partial charge in [0.1, 0.15) is 0 Å². The molecule has 4 nitrogen and oxygen atoms in total. The maximum Gasteiger partial charge on any atom is 0.186 e. The summed E-state index contributed by atoms with van der Waals surface area (Å²) < 4.78 is 7.90. The molecule has 0 fully saturated rings. The van der Waals surface area contributed by atoms with Gasteiger partial charge < -0.3 is 5.32 Å². The predicted molar refractivity (Wildman–Crippen MR) is 61.2 cm³/mol. The van der Waals surface area contributed by atoms with E-state index in [1.165, 1.54) is 5.56 Å². The van der Waals surface area contributed by atoms with Crippen LogP contribution in [-0.2, 0) is 6.54 Å². The van der Waals surface area contributed by atoms with Crippen LogP contribution >= 0.6 is 23.3 Å². The van der Waals surface area contributed by atoms with E-state index in [1.807, 2.05) is 19.2 Å². The van der Waals surface area contributed by atoms with Crippen LogP contribution in [0.4, 0.5) is 5.82 Å². The molecule has 0 saturated heterocycles. The van der Waals surface area contributed by atoms with E-state index < -0.39 is 0 Å². The molecular formula is C9H9ClN4S. The molecule has 0 aliphatic heterocycles. The largest absolute Gasteiger partial charge is 0.362 e. The number of aromatic nitrogens is 3. The van der Waals surface area contributed by atoms with Crippen LogP contribution in [0.1, 0.15) is 11.1 Å².